The first-order valence-corrected chi connectivity index (χ1v) is 5.75. The van der Waals surface area contributed by atoms with Gasteiger partial charge in [-0.25, -0.2) is 0 Å². The third-order valence-corrected chi connectivity index (χ3v) is 3.19. The number of hydrogen-bond acceptors (Lipinski definition) is 2. The van der Waals surface area contributed by atoms with Crippen molar-refractivity contribution in [3.63, 3.8) is 0 Å². The van der Waals surface area contributed by atoms with Crippen LogP contribution in [0.15, 0.2) is 24.3 Å². The fourth-order valence-corrected chi connectivity index (χ4v) is 2.30. The van der Waals surface area contributed by atoms with Crippen LogP contribution in [0.1, 0.15) is 36.9 Å². The van der Waals surface area contributed by atoms with Gasteiger partial charge in [-0.05, 0) is 37.3 Å². The van der Waals surface area contributed by atoms with Crippen LogP contribution in [0.2, 0.25) is 0 Å². The topological polar surface area (TPSA) is 49.3 Å². The van der Waals surface area contributed by atoms with Crippen molar-refractivity contribution in [1.29, 1.82) is 0 Å². The Labute approximate surface area is 95.5 Å². The lowest BCUT2D eigenvalue weighted by atomic mass is 9.87. The average molecular weight is 219 g/mol. The molecule has 0 bridgehead atoms. The van der Waals surface area contributed by atoms with E-state index in [9.17, 15) is 4.79 Å². The molecule has 2 N–H and O–H groups in total. The number of aliphatic carboxylic acids is 1. The van der Waals surface area contributed by atoms with Gasteiger partial charge in [-0.2, -0.15) is 0 Å². The van der Waals surface area contributed by atoms with Crippen molar-refractivity contribution >= 4 is 5.97 Å². The molecule has 1 aromatic rings. The van der Waals surface area contributed by atoms with Gasteiger partial charge >= 0.3 is 5.97 Å². The first kappa shape index (κ1) is 11.1. The largest absolute Gasteiger partial charge is 0.480 e. The molecule has 0 radical (unpaired) electrons. The van der Waals surface area contributed by atoms with E-state index in [2.05, 4.69) is 17.4 Å². The Morgan fingerprint density at radius 2 is 2.25 bits per heavy atom. The maximum atomic E-state index is 10.8. The predicted octanol–water partition coefficient (Wildman–Crippen LogP) is 2.13. The molecule has 0 aromatic heterocycles. The van der Waals surface area contributed by atoms with Crippen molar-refractivity contribution in [2.45, 2.75) is 38.3 Å². The van der Waals surface area contributed by atoms with Gasteiger partial charge in [-0.1, -0.05) is 24.3 Å². The highest BCUT2D eigenvalue weighted by atomic mass is 16.4. The zero-order chi connectivity index (χ0) is 11.5. The molecule has 0 aliphatic heterocycles. The number of fused-ring (bicyclic) bond motifs is 1. The summed E-state index contributed by atoms with van der Waals surface area (Å²) in [7, 11) is 0. The molecule has 1 aliphatic carbocycles. The van der Waals surface area contributed by atoms with Gasteiger partial charge < -0.3 is 5.11 Å². The van der Waals surface area contributed by atoms with Gasteiger partial charge in [0.1, 0.15) is 6.04 Å². The van der Waals surface area contributed by atoms with Crippen LogP contribution in [-0.4, -0.2) is 17.1 Å². The van der Waals surface area contributed by atoms with Crippen molar-refractivity contribution < 1.29 is 9.90 Å². The second kappa shape index (κ2) is 4.66. The van der Waals surface area contributed by atoms with Crippen molar-refractivity contribution in [3.05, 3.63) is 35.4 Å². The van der Waals surface area contributed by atoms with Gasteiger partial charge in [0, 0.05) is 6.04 Å². The summed E-state index contributed by atoms with van der Waals surface area (Å²) in [4.78, 5) is 10.8. The molecule has 0 heterocycles. The van der Waals surface area contributed by atoms with Crippen LogP contribution in [0.25, 0.3) is 0 Å². The lowest BCUT2D eigenvalue weighted by Gasteiger charge is -2.28. The molecule has 3 nitrogen and oxygen atoms in total. The van der Waals surface area contributed by atoms with Gasteiger partial charge in [0.15, 0.2) is 0 Å². The molecule has 16 heavy (non-hydrogen) atoms. The standard InChI is InChI=1S/C13H17NO2/c1-9(13(15)16)14-12-8-4-6-10-5-2-3-7-11(10)12/h2-3,5,7,9,12,14H,4,6,8H2,1H3,(H,15,16)/t9-,12?/m0/s1. The Kier molecular flexibility index (Phi) is 3.25. The van der Waals surface area contributed by atoms with E-state index >= 15 is 0 Å². The molecule has 0 saturated carbocycles. The second-order valence-electron chi connectivity index (χ2n) is 4.37. The molecule has 1 aliphatic rings. The maximum absolute atomic E-state index is 10.8. The van der Waals surface area contributed by atoms with E-state index < -0.39 is 12.0 Å². The van der Waals surface area contributed by atoms with E-state index in [-0.39, 0.29) is 6.04 Å². The van der Waals surface area contributed by atoms with Crippen molar-refractivity contribution in [1.82, 2.24) is 5.32 Å². The summed E-state index contributed by atoms with van der Waals surface area (Å²) in [5, 5.41) is 12.1. The summed E-state index contributed by atoms with van der Waals surface area (Å²) in [6, 6.07) is 7.99. The van der Waals surface area contributed by atoms with Crippen LogP contribution in [-0.2, 0) is 11.2 Å². The van der Waals surface area contributed by atoms with Crippen LogP contribution in [0.5, 0.6) is 0 Å². The smallest absolute Gasteiger partial charge is 0.320 e. The molecular formula is C13H17NO2. The molecule has 2 rings (SSSR count). The fraction of sp³-hybridized carbons (Fsp3) is 0.462. The zero-order valence-corrected chi connectivity index (χ0v) is 9.44. The normalized spacial score (nSPS) is 21.2. The summed E-state index contributed by atoms with van der Waals surface area (Å²) >= 11 is 0. The highest BCUT2D eigenvalue weighted by Crippen LogP contribution is 2.29. The molecule has 0 amide bonds. The lowest BCUT2D eigenvalue weighted by molar-refractivity contribution is -0.139. The Morgan fingerprint density at radius 3 is 3.00 bits per heavy atom. The van der Waals surface area contributed by atoms with Gasteiger partial charge in [0.2, 0.25) is 0 Å². The number of rotatable bonds is 3. The zero-order valence-electron chi connectivity index (χ0n) is 9.44. The molecule has 1 aromatic carbocycles. The third kappa shape index (κ3) is 2.25. The minimum Gasteiger partial charge on any atom is -0.480 e. The number of aryl methyl sites for hydroxylation is 1. The lowest BCUT2D eigenvalue weighted by Crippen LogP contribution is -2.37. The first-order chi connectivity index (χ1) is 7.68. The molecule has 1 unspecified atom stereocenters. The highest BCUT2D eigenvalue weighted by molar-refractivity contribution is 5.72. The van der Waals surface area contributed by atoms with Crippen molar-refractivity contribution in [3.8, 4) is 0 Å². The first-order valence-electron chi connectivity index (χ1n) is 5.75. The molecule has 0 saturated heterocycles. The Balaban J connectivity index is 2.16. The van der Waals surface area contributed by atoms with E-state index in [0.29, 0.717) is 0 Å². The summed E-state index contributed by atoms with van der Waals surface area (Å²) in [6.07, 6.45) is 3.26. The van der Waals surface area contributed by atoms with Crippen LogP contribution in [0.4, 0.5) is 0 Å². The molecule has 0 spiro atoms. The van der Waals surface area contributed by atoms with E-state index in [1.165, 1.54) is 11.1 Å². The van der Waals surface area contributed by atoms with E-state index in [4.69, 9.17) is 5.11 Å². The monoisotopic (exact) mass is 219 g/mol. The number of benzene rings is 1. The number of carboxylic acid groups (broad SMARTS) is 1. The predicted molar refractivity (Wildman–Crippen MR) is 62.4 cm³/mol. The van der Waals surface area contributed by atoms with Crippen molar-refractivity contribution in [2.75, 3.05) is 0 Å². The minimum absolute atomic E-state index is 0.191. The quantitative estimate of drug-likeness (QED) is 0.818. The summed E-state index contributed by atoms with van der Waals surface area (Å²) in [5.74, 6) is -0.789. The highest BCUT2D eigenvalue weighted by Gasteiger charge is 2.22. The molecule has 0 fully saturated rings. The van der Waals surface area contributed by atoms with Gasteiger partial charge in [-0.15, -0.1) is 0 Å². The number of carboxylic acids is 1. The second-order valence-corrected chi connectivity index (χ2v) is 4.37. The van der Waals surface area contributed by atoms with Crippen LogP contribution < -0.4 is 5.32 Å². The number of nitrogens with one attached hydrogen (secondary N) is 1. The van der Waals surface area contributed by atoms with Crippen LogP contribution in [0, 0.1) is 0 Å². The number of hydrogen-bond donors (Lipinski definition) is 2. The SMILES string of the molecule is C[C@H](NC1CCCc2ccccc21)C(=O)O. The average Bonchev–Trinajstić information content (AvgIpc) is 2.29. The molecular weight excluding hydrogens is 202 g/mol. The maximum Gasteiger partial charge on any atom is 0.320 e. The van der Waals surface area contributed by atoms with Gasteiger partial charge in [0.05, 0.1) is 0 Å². The Morgan fingerprint density at radius 1 is 1.50 bits per heavy atom. The Bertz CT molecular complexity index is 389. The molecule has 86 valence electrons. The van der Waals surface area contributed by atoms with Gasteiger partial charge in [0.25, 0.3) is 0 Å². The van der Waals surface area contributed by atoms with E-state index in [0.717, 1.165) is 19.3 Å². The van der Waals surface area contributed by atoms with Crippen LogP contribution >= 0.6 is 0 Å². The van der Waals surface area contributed by atoms with E-state index in [1.54, 1.807) is 6.92 Å². The number of carbonyl (C=O) groups is 1. The Hall–Kier alpha value is -1.35. The van der Waals surface area contributed by atoms with Crippen LogP contribution in [0.3, 0.4) is 0 Å². The fourth-order valence-electron chi connectivity index (χ4n) is 2.30. The van der Waals surface area contributed by atoms with Gasteiger partial charge in [-0.3, -0.25) is 10.1 Å². The summed E-state index contributed by atoms with van der Waals surface area (Å²) in [5.41, 5.74) is 2.62. The third-order valence-electron chi connectivity index (χ3n) is 3.19. The van der Waals surface area contributed by atoms with E-state index in [1.807, 2.05) is 12.1 Å². The summed E-state index contributed by atoms with van der Waals surface area (Å²) < 4.78 is 0. The molecule has 2 atom stereocenters. The minimum atomic E-state index is -0.789. The van der Waals surface area contributed by atoms with Crippen molar-refractivity contribution in [2.24, 2.45) is 0 Å². The summed E-state index contributed by atoms with van der Waals surface area (Å²) in [6.45, 7) is 1.69. The molecule has 3 heteroatoms.